The number of ketones is 1. The van der Waals surface area contributed by atoms with E-state index in [0.717, 1.165) is 0 Å². The van der Waals surface area contributed by atoms with E-state index in [1.807, 2.05) is 4.90 Å². The van der Waals surface area contributed by atoms with Gasteiger partial charge in [0.1, 0.15) is 11.6 Å². The van der Waals surface area contributed by atoms with Crippen LogP contribution in [0.2, 0.25) is 0 Å². The summed E-state index contributed by atoms with van der Waals surface area (Å²) >= 11 is 0. The zero-order valence-electron chi connectivity index (χ0n) is 10.2. The predicted octanol–water partition coefficient (Wildman–Crippen LogP) is 1.08. The molecule has 1 N–H and O–H groups in total. The fourth-order valence-electron chi connectivity index (χ4n) is 2.14. The predicted molar refractivity (Wildman–Crippen MR) is 64.3 cm³/mol. The summed E-state index contributed by atoms with van der Waals surface area (Å²) in [4.78, 5) is 13.9. The first kappa shape index (κ1) is 13.0. The summed E-state index contributed by atoms with van der Waals surface area (Å²) in [6.45, 7) is 1.35. The number of hydrogen-bond donors (Lipinski definition) is 1. The second-order valence-electron chi connectivity index (χ2n) is 4.45. The van der Waals surface area contributed by atoms with Gasteiger partial charge in [-0.1, -0.05) is 0 Å². The van der Waals surface area contributed by atoms with E-state index in [2.05, 4.69) is 0 Å². The number of benzene rings is 1. The number of hydrogen-bond acceptors (Lipinski definition) is 4. The third-order valence-corrected chi connectivity index (χ3v) is 3.08. The van der Waals surface area contributed by atoms with E-state index in [1.165, 1.54) is 25.3 Å². The van der Waals surface area contributed by atoms with Crippen LogP contribution in [0.5, 0.6) is 5.75 Å². The molecule has 1 aromatic rings. The number of β-amino-alcohol motifs (C(OH)–C–C–N with tert-alkyl or cyclic N) is 1. The molecule has 2 rings (SSSR count). The van der Waals surface area contributed by atoms with Gasteiger partial charge in [-0.05, 0) is 24.6 Å². The van der Waals surface area contributed by atoms with Gasteiger partial charge >= 0.3 is 0 Å². The Morgan fingerprint density at radius 2 is 2.39 bits per heavy atom. The van der Waals surface area contributed by atoms with Crippen LogP contribution in [-0.2, 0) is 0 Å². The number of nitrogens with zero attached hydrogens (tertiary/aromatic N) is 1. The third kappa shape index (κ3) is 2.86. The van der Waals surface area contributed by atoms with Gasteiger partial charge in [0, 0.05) is 13.1 Å². The van der Waals surface area contributed by atoms with Crippen molar-refractivity contribution in [2.24, 2.45) is 0 Å². The van der Waals surface area contributed by atoms with Gasteiger partial charge in [0.25, 0.3) is 0 Å². The summed E-state index contributed by atoms with van der Waals surface area (Å²) in [5.74, 6) is -0.276. The number of Topliss-reactive ketones (excluding diaryl/α,β-unsaturated/α-hetero) is 1. The van der Waals surface area contributed by atoms with Crippen LogP contribution in [0.1, 0.15) is 16.8 Å². The molecule has 1 unspecified atom stereocenters. The summed E-state index contributed by atoms with van der Waals surface area (Å²) in [5.41, 5.74) is 0.249. The first-order valence-electron chi connectivity index (χ1n) is 5.87. The summed E-state index contributed by atoms with van der Waals surface area (Å²) in [7, 11) is 1.45. The van der Waals surface area contributed by atoms with Crippen molar-refractivity contribution in [3.8, 4) is 5.75 Å². The Bertz CT molecular complexity index is 450. The highest BCUT2D eigenvalue weighted by Crippen LogP contribution is 2.21. The number of aliphatic hydroxyl groups excluding tert-OH is 1. The van der Waals surface area contributed by atoms with Crippen molar-refractivity contribution in [1.82, 2.24) is 4.90 Å². The van der Waals surface area contributed by atoms with Gasteiger partial charge in [-0.15, -0.1) is 0 Å². The van der Waals surface area contributed by atoms with E-state index in [1.54, 1.807) is 0 Å². The normalized spacial score (nSPS) is 20.1. The minimum atomic E-state index is -0.458. The number of aliphatic hydroxyl groups is 1. The van der Waals surface area contributed by atoms with E-state index in [0.29, 0.717) is 25.3 Å². The Hall–Kier alpha value is -1.46. The molecule has 0 spiro atoms. The van der Waals surface area contributed by atoms with Crippen LogP contribution in [0, 0.1) is 5.82 Å². The standard InChI is InChI=1S/C13H16FNO3/c1-18-13-3-2-9(14)6-11(13)12(17)8-15-5-4-10(16)7-15/h2-3,6,10,16H,4-5,7-8H2,1H3. The molecule has 1 atom stereocenters. The summed E-state index contributed by atoms with van der Waals surface area (Å²) < 4.78 is 18.2. The van der Waals surface area contributed by atoms with Crippen LogP contribution in [-0.4, -0.2) is 48.6 Å². The van der Waals surface area contributed by atoms with Gasteiger partial charge in [0.2, 0.25) is 0 Å². The van der Waals surface area contributed by atoms with Crippen molar-refractivity contribution in [2.75, 3.05) is 26.7 Å². The molecular weight excluding hydrogens is 237 g/mol. The molecule has 18 heavy (non-hydrogen) atoms. The lowest BCUT2D eigenvalue weighted by atomic mass is 10.1. The van der Waals surface area contributed by atoms with Crippen LogP contribution in [0.3, 0.4) is 0 Å². The second kappa shape index (κ2) is 5.46. The minimum Gasteiger partial charge on any atom is -0.496 e. The Morgan fingerprint density at radius 1 is 1.61 bits per heavy atom. The molecule has 0 aromatic heterocycles. The van der Waals surface area contributed by atoms with Gasteiger partial charge in [0.05, 0.1) is 25.3 Å². The monoisotopic (exact) mass is 253 g/mol. The highest BCUT2D eigenvalue weighted by Gasteiger charge is 2.23. The SMILES string of the molecule is COc1ccc(F)cc1C(=O)CN1CCC(O)C1. The van der Waals surface area contributed by atoms with Crippen LogP contribution < -0.4 is 4.74 Å². The van der Waals surface area contributed by atoms with Crippen molar-refractivity contribution < 1.29 is 19.0 Å². The number of methoxy groups -OCH3 is 1. The summed E-state index contributed by atoms with van der Waals surface area (Å²) in [5, 5.41) is 9.39. The maximum Gasteiger partial charge on any atom is 0.180 e. The van der Waals surface area contributed by atoms with Gasteiger partial charge in [-0.3, -0.25) is 9.69 Å². The lowest BCUT2D eigenvalue weighted by Crippen LogP contribution is -2.28. The average molecular weight is 253 g/mol. The Kier molecular flexibility index (Phi) is 3.93. The van der Waals surface area contributed by atoms with Crippen LogP contribution in [0.25, 0.3) is 0 Å². The molecule has 1 saturated heterocycles. The molecule has 1 aromatic carbocycles. The van der Waals surface area contributed by atoms with Crippen molar-refractivity contribution >= 4 is 5.78 Å². The Morgan fingerprint density at radius 3 is 3.00 bits per heavy atom. The molecule has 0 bridgehead atoms. The van der Waals surface area contributed by atoms with Crippen molar-refractivity contribution in [3.05, 3.63) is 29.6 Å². The highest BCUT2D eigenvalue weighted by atomic mass is 19.1. The molecule has 0 radical (unpaired) electrons. The van der Waals surface area contributed by atoms with Gasteiger partial charge in [-0.25, -0.2) is 4.39 Å². The molecule has 0 amide bonds. The largest absolute Gasteiger partial charge is 0.496 e. The lowest BCUT2D eigenvalue weighted by molar-refractivity contribution is 0.0931. The molecular formula is C13H16FNO3. The number of carbonyl (C=O) groups is 1. The smallest absolute Gasteiger partial charge is 0.180 e. The van der Waals surface area contributed by atoms with Crippen LogP contribution >= 0.6 is 0 Å². The number of likely N-dealkylation sites (tertiary alicyclic amines) is 1. The molecule has 0 aliphatic carbocycles. The lowest BCUT2D eigenvalue weighted by Gasteiger charge is -2.15. The molecule has 1 fully saturated rings. The third-order valence-electron chi connectivity index (χ3n) is 3.08. The van der Waals surface area contributed by atoms with Crippen LogP contribution in [0.15, 0.2) is 18.2 Å². The summed E-state index contributed by atoms with van der Waals surface area (Å²) in [6.07, 6.45) is 0.306. The number of ether oxygens (including phenoxy) is 1. The van der Waals surface area contributed by atoms with E-state index >= 15 is 0 Å². The first-order valence-corrected chi connectivity index (χ1v) is 5.87. The maximum absolute atomic E-state index is 13.2. The molecule has 0 saturated carbocycles. The fraction of sp³-hybridized carbons (Fsp3) is 0.462. The number of rotatable bonds is 4. The van der Waals surface area contributed by atoms with E-state index < -0.39 is 5.82 Å². The maximum atomic E-state index is 13.2. The molecule has 4 nitrogen and oxygen atoms in total. The quantitative estimate of drug-likeness (QED) is 0.816. The zero-order valence-corrected chi connectivity index (χ0v) is 10.2. The van der Waals surface area contributed by atoms with Gasteiger partial charge in [0.15, 0.2) is 5.78 Å². The van der Waals surface area contributed by atoms with Gasteiger partial charge in [-0.2, -0.15) is 0 Å². The van der Waals surface area contributed by atoms with Crippen molar-refractivity contribution in [3.63, 3.8) is 0 Å². The Balaban J connectivity index is 2.10. The topological polar surface area (TPSA) is 49.8 Å². The van der Waals surface area contributed by atoms with Crippen molar-refractivity contribution in [2.45, 2.75) is 12.5 Å². The molecule has 1 heterocycles. The molecule has 1 aliphatic heterocycles. The molecule has 5 heteroatoms. The van der Waals surface area contributed by atoms with E-state index in [4.69, 9.17) is 4.74 Å². The second-order valence-corrected chi connectivity index (χ2v) is 4.45. The van der Waals surface area contributed by atoms with Gasteiger partial charge < -0.3 is 9.84 Å². The van der Waals surface area contributed by atoms with E-state index in [9.17, 15) is 14.3 Å². The molecule has 98 valence electrons. The van der Waals surface area contributed by atoms with Crippen LogP contribution in [0.4, 0.5) is 4.39 Å². The molecule has 1 aliphatic rings. The average Bonchev–Trinajstić information content (AvgIpc) is 2.74. The first-order chi connectivity index (χ1) is 8.60. The van der Waals surface area contributed by atoms with Crippen molar-refractivity contribution in [1.29, 1.82) is 0 Å². The minimum absolute atomic E-state index is 0.177. The summed E-state index contributed by atoms with van der Waals surface area (Å²) in [6, 6.07) is 3.89. The Labute approximate surface area is 105 Å². The number of halogens is 1. The highest BCUT2D eigenvalue weighted by molar-refractivity contribution is 6.00. The van der Waals surface area contributed by atoms with E-state index in [-0.39, 0.29) is 24.0 Å². The fourth-order valence-corrected chi connectivity index (χ4v) is 2.14. The zero-order chi connectivity index (χ0) is 13.1. The number of carbonyl (C=O) groups excluding carboxylic acids is 1.